The fraction of sp³-hybridized carbons (Fsp3) is 0.278. The number of unbranched alkanes of at least 4 members (excludes halogenated alkanes) is 1. The van der Waals surface area contributed by atoms with Gasteiger partial charge < -0.3 is 10.2 Å². The summed E-state index contributed by atoms with van der Waals surface area (Å²) in [5.74, 6) is -0.247. The molecule has 0 radical (unpaired) electrons. The molecule has 2 aromatic rings. The van der Waals surface area contributed by atoms with Crippen molar-refractivity contribution in [3.8, 4) is 0 Å². The minimum atomic E-state index is -0.247. The van der Waals surface area contributed by atoms with Crippen LogP contribution in [0.4, 0.5) is 10.1 Å². The number of halogens is 1. The Morgan fingerprint density at radius 1 is 1.09 bits per heavy atom. The summed E-state index contributed by atoms with van der Waals surface area (Å²) < 4.78 is 13.0. The smallest absolute Gasteiger partial charge is 0.173 e. The van der Waals surface area contributed by atoms with Crippen LogP contribution < -0.4 is 5.32 Å². The molecule has 0 unspecified atom stereocenters. The highest BCUT2D eigenvalue weighted by atomic mass is 32.1. The van der Waals surface area contributed by atoms with E-state index >= 15 is 0 Å². The molecule has 116 valence electrons. The van der Waals surface area contributed by atoms with Crippen LogP contribution >= 0.6 is 12.2 Å². The molecule has 1 N–H and O–H groups in total. The van der Waals surface area contributed by atoms with Crippen LogP contribution in [-0.4, -0.2) is 16.6 Å². The Hall–Kier alpha value is -1.94. The van der Waals surface area contributed by atoms with E-state index in [0.29, 0.717) is 5.11 Å². The first-order chi connectivity index (χ1) is 10.7. The summed E-state index contributed by atoms with van der Waals surface area (Å²) in [6, 6.07) is 16.5. The molecule has 0 aromatic heterocycles. The van der Waals surface area contributed by atoms with Gasteiger partial charge in [0.05, 0.1) is 0 Å². The van der Waals surface area contributed by atoms with Crippen molar-refractivity contribution < 1.29 is 4.39 Å². The van der Waals surface area contributed by atoms with Gasteiger partial charge in [0.15, 0.2) is 5.11 Å². The molecule has 0 aliphatic carbocycles. The normalized spacial score (nSPS) is 10.3. The number of nitrogens with zero attached hydrogens (tertiary/aromatic N) is 1. The van der Waals surface area contributed by atoms with Crippen molar-refractivity contribution in [1.82, 2.24) is 4.90 Å². The number of thiocarbonyl (C=S) groups is 1. The SMILES string of the molecule is CCCCN(Cc1ccccc1)C(=S)Nc1ccc(F)cc1. The Bertz CT molecular complexity index is 584. The summed E-state index contributed by atoms with van der Waals surface area (Å²) in [5.41, 5.74) is 2.03. The van der Waals surface area contributed by atoms with E-state index in [-0.39, 0.29) is 5.82 Å². The van der Waals surface area contributed by atoms with Crippen LogP contribution in [0.15, 0.2) is 54.6 Å². The van der Waals surface area contributed by atoms with Crippen LogP contribution in [-0.2, 0) is 6.54 Å². The van der Waals surface area contributed by atoms with Crippen molar-refractivity contribution in [3.63, 3.8) is 0 Å². The Morgan fingerprint density at radius 2 is 1.77 bits per heavy atom. The van der Waals surface area contributed by atoms with E-state index < -0.39 is 0 Å². The summed E-state index contributed by atoms with van der Waals surface area (Å²) in [7, 11) is 0. The molecule has 4 heteroatoms. The molecule has 0 bridgehead atoms. The minimum Gasteiger partial charge on any atom is -0.345 e. The van der Waals surface area contributed by atoms with Crippen LogP contribution in [0.3, 0.4) is 0 Å². The van der Waals surface area contributed by atoms with E-state index in [2.05, 4.69) is 29.3 Å². The van der Waals surface area contributed by atoms with Crippen molar-refractivity contribution in [2.75, 3.05) is 11.9 Å². The predicted octanol–water partition coefficient (Wildman–Crippen LogP) is 4.82. The van der Waals surface area contributed by atoms with E-state index in [0.717, 1.165) is 31.6 Å². The number of hydrogen-bond acceptors (Lipinski definition) is 1. The van der Waals surface area contributed by atoms with Crippen molar-refractivity contribution >= 4 is 23.0 Å². The molecule has 0 amide bonds. The Balaban J connectivity index is 2.03. The van der Waals surface area contributed by atoms with Gasteiger partial charge in [-0.2, -0.15) is 0 Å². The number of benzene rings is 2. The first-order valence-electron chi connectivity index (χ1n) is 7.54. The van der Waals surface area contributed by atoms with Gasteiger partial charge in [0.25, 0.3) is 0 Å². The van der Waals surface area contributed by atoms with Gasteiger partial charge >= 0.3 is 0 Å². The van der Waals surface area contributed by atoms with E-state index in [9.17, 15) is 4.39 Å². The fourth-order valence-corrected chi connectivity index (χ4v) is 2.41. The van der Waals surface area contributed by atoms with Gasteiger partial charge in [-0.05, 0) is 48.5 Å². The largest absolute Gasteiger partial charge is 0.345 e. The average Bonchev–Trinajstić information content (AvgIpc) is 2.54. The summed E-state index contributed by atoms with van der Waals surface area (Å²) in [4.78, 5) is 2.15. The van der Waals surface area contributed by atoms with Crippen LogP contribution in [0.5, 0.6) is 0 Å². The van der Waals surface area contributed by atoms with Gasteiger partial charge in [-0.15, -0.1) is 0 Å². The first kappa shape index (κ1) is 16.4. The molecule has 0 saturated heterocycles. The van der Waals surface area contributed by atoms with E-state index in [4.69, 9.17) is 12.2 Å². The van der Waals surface area contributed by atoms with Crippen molar-refractivity contribution in [3.05, 3.63) is 66.0 Å². The van der Waals surface area contributed by atoms with Gasteiger partial charge in [0, 0.05) is 18.8 Å². The van der Waals surface area contributed by atoms with Crippen molar-refractivity contribution in [1.29, 1.82) is 0 Å². The topological polar surface area (TPSA) is 15.3 Å². The minimum absolute atomic E-state index is 0.247. The van der Waals surface area contributed by atoms with E-state index in [1.165, 1.54) is 17.7 Å². The fourth-order valence-electron chi connectivity index (χ4n) is 2.14. The molecule has 2 nitrogen and oxygen atoms in total. The third-order valence-corrected chi connectivity index (χ3v) is 3.74. The molecular formula is C18H21FN2S. The van der Waals surface area contributed by atoms with E-state index in [1.807, 2.05) is 18.2 Å². The van der Waals surface area contributed by atoms with Crippen LogP contribution in [0.25, 0.3) is 0 Å². The number of nitrogens with one attached hydrogen (secondary N) is 1. The second kappa shape index (κ2) is 8.49. The van der Waals surface area contributed by atoms with Crippen molar-refractivity contribution in [2.24, 2.45) is 0 Å². The summed E-state index contributed by atoms with van der Waals surface area (Å²) in [6.45, 7) is 3.84. The molecule has 2 rings (SSSR count). The number of hydrogen-bond donors (Lipinski definition) is 1. The van der Waals surface area contributed by atoms with Crippen molar-refractivity contribution in [2.45, 2.75) is 26.3 Å². The standard InChI is InChI=1S/C18H21FN2S/c1-2-3-13-21(14-15-7-5-4-6-8-15)18(22)20-17-11-9-16(19)10-12-17/h4-12H,2-3,13-14H2,1H3,(H,20,22). The highest BCUT2D eigenvalue weighted by Crippen LogP contribution is 2.12. The zero-order valence-electron chi connectivity index (χ0n) is 12.8. The molecule has 0 spiro atoms. The molecule has 0 heterocycles. The molecule has 0 atom stereocenters. The maximum atomic E-state index is 13.0. The van der Waals surface area contributed by atoms with Gasteiger partial charge in [-0.1, -0.05) is 43.7 Å². The van der Waals surface area contributed by atoms with Crippen LogP contribution in [0.1, 0.15) is 25.3 Å². The predicted molar refractivity (Wildman–Crippen MR) is 94.4 cm³/mol. The zero-order valence-corrected chi connectivity index (χ0v) is 13.6. The lowest BCUT2D eigenvalue weighted by atomic mass is 10.2. The summed E-state index contributed by atoms with van der Waals surface area (Å²) in [5, 5.41) is 3.86. The second-order valence-corrected chi connectivity index (χ2v) is 5.58. The molecule has 0 saturated carbocycles. The van der Waals surface area contributed by atoms with Gasteiger partial charge in [0.2, 0.25) is 0 Å². The van der Waals surface area contributed by atoms with Gasteiger partial charge in [-0.25, -0.2) is 4.39 Å². The molecule has 0 fully saturated rings. The highest BCUT2D eigenvalue weighted by molar-refractivity contribution is 7.80. The lowest BCUT2D eigenvalue weighted by molar-refractivity contribution is 0.408. The monoisotopic (exact) mass is 316 g/mol. The van der Waals surface area contributed by atoms with E-state index in [1.54, 1.807) is 12.1 Å². The van der Waals surface area contributed by atoms with Crippen LogP contribution in [0, 0.1) is 5.82 Å². The summed E-state index contributed by atoms with van der Waals surface area (Å²) in [6.07, 6.45) is 2.20. The average molecular weight is 316 g/mol. The molecule has 2 aromatic carbocycles. The third-order valence-electron chi connectivity index (χ3n) is 3.38. The molecule has 0 aliphatic heterocycles. The Morgan fingerprint density at radius 3 is 2.41 bits per heavy atom. The number of rotatable bonds is 6. The number of anilines is 1. The van der Waals surface area contributed by atoms with Gasteiger partial charge in [0.1, 0.15) is 5.82 Å². The molecule has 22 heavy (non-hydrogen) atoms. The molecule has 0 aliphatic rings. The zero-order chi connectivity index (χ0) is 15.8. The van der Waals surface area contributed by atoms with Gasteiger partial charge in [-0.3, -0.25) is 0 Å². The second-order valence-electron chi connectivity index (χ2n) is 5.20. The summed E-state index contributed by atoms with van der Waals surface area (Å²) >= 11 is 5.52. The Kier molecular flexibility index (Phi) is 6.34. The Labute approximate surface area is 137 Å². The quantitative estimate of drug-likeness (QED) is 0.769. The first-order valence-corrected chi connectivity index (χ1v) is 7.95. The highest BCUT2D eigenvalue weighted by Gasteiger charge is 2.10. The lowest BCUT2D eigenvalue weighted by Crippen LogP contribution is -2.35. The van der Waals surface area contributed by atoms with Crippen LogP contribution in [0.2, 0.25) is 0 Å². The lowest BCUT2D eigenvalue weighted by Gasteiger charge is -2.26. The maximum absolute atomic E-state index is 13.0. The third kappa shape index (κ3) is 5.11. The maximum Gasteiger partial charge on any atom is 0.173 e. The molecular weight excluding hydrogens is 295 g/mol.